The third-order valence-corrected chi connectivity index (χ3v) is 12.4. The van der Waals surface area contributed by atoms with Crippen LogP contribution in [0, 0.1) is 27.7 Å². The fourth-order valence-electron chi connectivity index (χ4n) is 8.55. The van der Waals surface area contributed by atoms with E-state index in [1.54, 1.807) is 21.8 Å². The lowest BCUT2D eigenvalue weighted by molar-refractivity contribution is 0.0360. The highest BCUT2D eigenvalue weighted by Gasteiger charge is 2.33. The second kappa shape index (κ2) is 15.8. The van der Waals surface area contributed by atoms with E-state index in [0.717, 1.165) is 80.5 Å². The number of aromatic carboxylic acids is 1. The van der Waals surface area contributed by atoms with Crippen molar-refractivity contribution in [1.82, 2.24) is 29.0 Å². The van der Waals surface area contributed by atoms with Gasteiger partial charge in [-0.3, -0.25) is 19.1 Å². The van der Waals surface area contributed by atoms with E-state index in [2.05, 4.69) is 9.47 Å². The van der Waals surface area contributed by atoms with Gasteiger partial charge in [-0.25, -0.2) is 4.79 Å². The van der Waals surface area contributed by atoms with Crippen molar-refractivity contribution in [1.29, 1.82) is 0 Å². The summed E-state index contributed by atoms with van der Waals surface area (Å²) in [6.45, 7) is 13.8. The summed E-state index contributed by atoms with van der Waals surface area (Å²) < 4.78 is 17.5. The number of amides is 1. The van der Waals surface area contributed by atoms with Crippen LogP contribution in [0.1, 0.15) is 61.8 Å². The van der Waals surface area contributed by atoms with E-state index in [1.807, 2.05) is 69.8 Å². The predicted molar refractivity (Wildman–Crippen MR) is 224 cm³/mol. The molecular formula is C43H47Cl2N7O5. The smallest absolute Gasteiger partial charge is 0.336 e. The zero-order valence-corrected chi connectivity index (χ0v) is 34.5. The van der Waals surface area contributed by atoms with Crippen molar-refractivity contribution >= 4 is 62.6 Å². The van der Waals surface area contributed by atoms with Crippen LogP contribution in [0.4, 0.5) is 5.69 Å². The van der Waals surface area contributed by atoms with Gasteiger partial charge in [-0.15, -0.1) is 0 Å². The number of benzene rings is 3. The quantitative estimate of drug-likeness (QED) is 0.131. The molecule has 3 aromatic heterocycles. The van der Waals surface area contributed by atoms with Gasteiger partial charge >= 0.3 is 5.97 Å². The molecule has 0 radical (unpaired) electrons. The average molecular weight is 813 g/mol. The molecular weight excluding hydrogens is 765 g/mol. The van der Waals surface area contributed by atoms with Gasteiger partial charge in [-0.1, -0.05) is 29.3 Å². The Morgan fingerprint density at radius 1 is 0.930 bits per heavy atom. The highest BCUT2D eigenvalue weighted by Crippen LogP contribution is 2.43. The molecule has 1 fully saturated rings. The van der Waals surface area contributed by atoms with Crippen LogP contribution in [-0.4, -0.2) is 92.0 Å². The number of hydrogen-bond donors (Lipinski definition) is 1. The van der Waals surface area contributed by atoms with Crippen molar-refractivity contribution in [3.8, 4) is 16.9 Å². The van der Waals surface area contributed by atoms with Crippen LogP contribution >= 0.6 is 23.2 Å². The van der Waals surface area contributed by atoms with Crippen molar-refractivity contribution in [2.45, 2.75) is 60.0 Å². The summed E-state index contributed by atoms with van der Waals surface area (Å²) in [6.07, 6.45) is 3.63. The molecule has 5 heterocycles. The van der Waals surface area contributed by atoms with Crippen molar-refractivity contribution in [3.63, 3.8) is 0 Å². The third kappa shape index (κ3) is 7.28. The van der Waals surface area contributed by atoms with Crippen molar-refractivity contribution in [2.75, 3.05) is 50.9 Å². The lowest BCUT2D eigenvalue weighted by Crippen LogP contribution is -2.38. The molecule has 14 heteroatoms. The molecule has 2 aliphatic heterocycles. The molecule has 8 rings (SSSR count). The molecule has 0 atom stereocenters. The Hall–Kier alpha value is -4.88. The first-order valence-electron chi connectivity index (χ1n) is 19.5. The number of carbonyl (C=O) groups excluding carboxylic acids is 1. The maximum atomic E-state index is 15.2. The maximum Gasteiger partial charge on any atom is 0.336 e. The molecule has 6 aromatic rings. The Bertz CT molecular complexity index is 2530. The second-order valence-electron chi connectivity index (χ2n) is 15.2. The van der Waals surface area contributed by atoms with Crippen molar-refractivity contribution in [3.05, 3.63) is 92.0 Å². The molecule has 0 spiro atoms. The third-order valence-electron chi connectivity index (χ3n) is 11.4. The summed E-state index contributed by atoms with van der Waals surface area (Å²) in [7, 11) is 1.92. The largest absolute Gasteiger partial charge is 0.494 e. The van der Waals surface area contributed by atoms with Crippen LogP contribution in [0.15, 0.2) is 42.6 Å². The number of carbonyl (C=O) groups is 2. The lowest BCUT2D eigenvalue weighted by Gasteiger charge is -2.26. The van der Waals surface area contributed by atoms with Crippen LogP contribution in [0.25, 0.3) is 32.9 Å². The van der Waals surface area contributed by atoms with Gasteiger partial charge in [0.05, 0.1) is 53.7 Å². The molecule has 3 aromatic carbocycles. The minimum absolute atomic E-state index is 0.111. The van der Waals surface area contributed by atoms with E-state index in [1.165, 1.54) is 0 Å². The molecule has 0 aliphatic carbocycles. The molecule has 298 valence electrons. The minimum Gasteiger partial charge on any atom is -0.494 e. The van der Waals surface area contributed by atoms with E-state index >= 15 is 4.79 Å². The topological polar surface area (TPSA) is 120 Å². The van der Waals surface area contributed by atoms with Crippen LogP contribution < -0.4 is 9.64 Å². The number of anilines is 1. The van der Waals surface area contributed by atoms with Crippen LogP contribution in [0.2, 0.25) is 10.0 Å². The summed E-state index contributed by atoms with van der Waals surface area (Å²) in [4.78, 5) is 32.0. The number of hydrogen-bond acceptors (Lipinski definition) is 7. The first-order valence-corrected chi connectivity index (χ1v) is 20.3. The number of aryl methyl sites for hydroxylation is 6. The number of fused-ring (bicyclic) bond motifs is 4. The van der Waals surface area contributed by atoms with Gasteiger partial charge < -0.3 is 24.0 Å². The first-order chi connectivity index (χ1) is 27.4. The van der Waals surface area contributed by atoms with Gasteiger partial charge in [0.15, 0.2) is 0 Å². The summed E-state index contributed by atoms with van der Waals surface area (Å²) in [5.41, 5.74) is 9.04. The molecule has 12 nitrogen and oxygen atoms in total. The van der Waals surface area contributed by atoms with Crippen molar-refractivity contribution in [2.24, 2.45) is 7.05 Å². The summed E-state index contributed by atoms with van der Waals surface area (Å²) >= 11 is 13.5. The van der Waals surface area contributed by atoms with Gasteiger partial charge in [-0.2, -0.15) is 10.2 Å². The van der Waals surface area contributed by atoms with E-state index in [0.29, 0.717) is 86.0 Å². The zero-order chi connectivity index (χ0) is 40.1. The molecule has 0 saturated carbocycles. The molecule has 1 saturated heterocycles. The van der Waals surface area contributed by atoms with Gasteiger partial charge in [-0.05, 0) is 94.0 Å². The van der Waals surface area contributed by atoms with Gasteiger partial charge in [0, 0.05) is 84.3 Å². The Balaban J connectivity index is 1.20. The van der Waals surface area contributed by atoms with Gasteiger partial charge in [0.25, 0.3) is 5.91 Å². The van der Waals surface area contributed by atoms with Crippen molar-refractivity contribution < 1.29 is 24.2 Å². The molecule has 0 bridgehead atoms. The Morgan fingerprint density at radius 3 is 2.39 bits per heavy atom. The van der Waals surface area contributed by atoms with E-state index in [9.17, 15) is 9.90 Å². The average Bonchev–Trinajstić information content (AvgIpc) is 3.78. The summed E-state index contributed by atoms with van der Waals surface area (Å²) in [5.74, 6) is -0.520. The standard InChI is InChI=1S/C43H47Cl2N7O5/c1-25-20-30(21-26(2)39(25)45)57-17-6-8-31-32-9-10-35(44)38(37-27(3)46-48(5)28(37)4)40(32)52-12-7-11-51(42(53)41(31)52)29-22-33(43(54)55)34-24-50(47-36(34)23-29)14-13-49-15-18-56-19-16-49/h9-10,20-24H,6-8,11-19H2,1-5H3,(H,54,55). The molecule has 57 heavy (non-hydrogen) atoms. The number of ether oxygens (including phenoxy) is 2. The summed E-state index contributed by atoms with van der Waals surface area (Å²) in [6, 6.07) is 11.3. The molecule has 1 amide bonds. The normalized spacial score (nSPS) is 15.1. The minimum atomic E-state index is -1.07. The van der Waals surface area contributed by atoms with Crippen LogP contribution in [0.3, 0.4) is 0 Å². The zero-order valence-electron chi connectivity index (χ0n) is 33.0. The first kappa shape index (κ1) is 39.0. The number of carboxylic acids is 1. The van der Waals surface area contributed by atoms with E-state index in [4.69, 9.17) is 42.9 Å². The Kier molecular flexibility index (Phi) is 10.8. The molecule has 0 unspecified atom stereocenters. The number of carboxylic acid groups (broad SMARTS) is 1. The number of nitrogens with zero attached hydrogens (tertiary/aromatic N) is 7. The van der Waals surface area contributed by atoms with Crippen LogP contribution in [-0.2, 0) is 31.3 Å². The molecule has 2 aliphatic rings. The lowest BCUT2D eigenvalue weighted by atomic mass is 9.98. The number of morpholine rings is 1. The summed E-state index contributed by atoms with van der Waals surface area (Å²) in [5, 5.41) is 22.7. The second-order valence-corrected chi connectivity index (χ2v) is 16.0. The number of halogens is 2. The fourth-order valence-corrected chi connectivity index (χ4v) is 8.91. The maximum absolute atomic E-state index is 15.2. The predicted octanol–water partition coefficient (Wildman–Crippen LogP) is 8.02. The Labute approximate surface area is 341 Å². The SMILES string of the molecule is Cc1cc(OCCCc2c3n(c4c(-c5c(C)nn(C)c5C)c(Cl)ccc24)CCCN(c2cc(C(=O)O)c4cn(CCN5CCOCC5)nc4c2)C3=O)cc(C)c1Cl. The Morgan fingerprint density at radius 2 is 1.68 bits per heavy atom. The number of aromatic nitrogens is 5. The van der Waals surface area contributed by atoms with E-state index < -0.39 is 5.97 Å². The highest BCUT2D eigenvalue weighted by molar-refractivity contribution is 6.35. The highest BCUT2D eigenvalue weighted by atomic mass is 35.5. The monoisotopic (exact) mass is 811 g/mol. The van der Waals surface area contributed by atoms with Gasteiger partial charge in [0.2, 0.25) is 0 Å². The van der Waals surface area contributed by atoms with Gasteiger partial charge in [0.1, 0.15) is 11.4 Å². The van der Waals surface area contributed by atoms with E-state index in [-0.39, 0.29) is 11.5 Å². The number of rotatable bonds is 11. The molecule has 1 N–H and O–H groups in total. The fraction of sp³-hybridized carbons (Fsp3) is 0.395. The van der Waals surface area contributed by atoms with Crippen LogP contribution in [0.5, 0.6) is 5.75 Å².